The molecule has 2 aromatic rings. The Balaban J connectivity index is 2.57. The van der Waals surface area contributed by atoms with E-state index in [1.165, 1.54) is 0 Å². The summed E-state index contributed by atoms with van der Waals surface area (Å²) in [6, 6.07) is 10.2. The molecule has 0 N–H and O–H groups in total. The predicted molar refractivity (Wildman–Crippen MR) is 57.6 cm³/mol. The van der Waals surface area contributed by atoms with Gasteiger partial charge >= 0.3 is 0 Å². The largest absolute Gasteiger partial charge is 0.285 e. The highest BCUT2D eigenvalue weighted by atomic mass is 16.2. The molecule has 16 heavy (non-hydrogen) atoms. The second kappa shape index (κ2) is 2.85. The Morgan fingerprint density at radius 2 is 1.12 bits per heavy atom. The van der Waals surface area contributed by atoms with Crippen molar-refractivity contribution >= 4 is 28.1 Å². The summed E-state index contributed by atoms with van der Waals surface area (Å²) in [6.45, 7) is 0. The van der Waals surface area contributed by atoms with Crippen LogP contribution in [-0.2, 0) is 4.79 Å². The Labute approximate surface area is 90.7 Å². The van der Waals surface area contributed by atoms with Crippen LogP contribution in [0.25, 0.3) is 10.8 Å². The van der Waals surface area contributed by atoms with Gasteiger partial charge in [-0.1, -0.05) is 36.4 Å². The third-order valence-corrected chi connectivity index (χ3v) is 2.81. The number of rotatable bonds is 0. The van der Waals surface area contributed by atoms with Crippen LogP contribution in [0.2, 0.25) is 0 Å². The maximum Gasteiger partial charge on any atom is 0.273 e. The third-order valence-electron chi connectivity index (χ3n) is 2.81. The van der Waals surface area contributed by atoms with Crippen molar-refractivity contribution in [2.75, 3.05) is 0 Å². The van der Waals surface area contributed by atoms with Gasteiger partial charge < -0.3 is 0 Å². The van der Waals surface area contributed by atoms with Gasteiger partial charge in [-0.25, -0.2) is 0 Å². The number of carbonyl (C=O) groups excluding carboxylic acids is 3. The molecule has 3 rings (SSSR count). The molecule has 2 aromatic carbocycles. The molecular formula is C13H6O3. The van der Waals surface area contributed by atoms with Crippen LogP contribution in [0.5, 0.6) is 0 Å². The Bertz CT molecular complexity index is 615. The van der Waals surface area contributed by atoms with Crippen molar-refractivity contribution < 1.29 is 14.4 Å². The molecule has 0 heterocycles. The fourth-order valence-corrected chi connectivity index (χ4v) is 2.07. The van der Waals surface area contributed by atoms with Gasteiger partial charge in [0, 0.05) is 16.5 Å². The summed E-state index contributed by atoms with van der Waals surface area (Å²) in [7, 11) is 0. The first-order valence-corrected chi connectivity index (χ1v) is 4.85. The second-order valence-corrected chi connectivity index (χ2v) is 3.70. The highest BCUT2D eigenvalue weighted by Crippen LogP contribution is 2.28. The zero-order valence-corrected chi connectivity index (χ0v) is 8.19. The van der Waals surface area contributed by atoms with Gasteiger partial charge in [-0.15, -0.1) is 0 Å². The van der Waals surface area contributed by atoms with Gasteiger partial charge in [0.2, 0.25) is 11.6 Å². The molecule has 0 aromatic heterocycles. The van der Waals surface area contributed by atoms with E-state index in [4.69, 9.17) is 0 Å². The molecule has 0 bridgehead atoms. The average Bonchev–Trinajstić information content (AvgIpc) is 2.33. The minimum atomic E-state index is -0.939. The third kappa shape index (κ3) is 0.945. The van der Waals surface area contributed by atoms with Crippen molar-refractivity contribution in [2.45, 2.75) is 0 Å². The van der Waals surface area contributed by atoms with Crippen molar-refractivity contribution in [3.63, 3.8) is 0 Å². The highest BCUT2D eigenvalue weighted by molar-refractivity contribution is 6.73. The Kier molecular flexibility index (Phi) is 1.60. The lowest BCUT2D eigenvalue weighted by atomic mass is 9.86. The van der Waals surface area contributed by atoms with E-state index in [0.29, 0.717) is 16.5 Å². The van der Waals surface area contributed by atoms with E-state index in [2.05, 4.69) is 0 Å². The lowest BCUT2D eigenvalue weighted by Gasteiger charge is -2.13. The number of carbonyl (C=O) groups is 3. The van der Waals surface area contributed by atoms with E-state index < -0.39 is 17.3 Å². The van der Waals surface area contributed by atoms with Gasteiger partial charge in [-0.2, -0.15) is 0 Å². The molecule has 3 nitrogen and oxygen atoms in total. The van der Waals surface area contributed by atoms with Crippen LogP contribution in [0.4, 0.5) is 0 Å². The quantitative estimate of drug-likeness (QED) is 0.623. The van der Waals surface area contributed by atoms with Crippen LogP contribution in [0, 0.1) is 0 Å². The number of hydrogen-bond donors (Lipinski definition) is 0. The van der Waals surface area contributed by atoms with E-state index >= 15 is 0 Å². The zero-order valence-electron chi connectivity index (χ0n) is 8.19. The summed E-state index contributed by atoms with van der Waals surface area (Å²) in [5.74, 6) is -2.34. The Morgan fingerprint density at radius 1 is 0.625 bits per heavy atom. The van der Waals surface area contributed by atoms with E-state index in [0.717, 1.165) is 5.39 Å². The Morgan fingerprint density at radius 3 is 1.62 bits per heavy atom. The van der Waals surface area contributed by atoms with Crippen molar-refractivity contribution in [3.8, 4) is 0 Å². The molecule has 1 aliphatic carbocycles. The molecule has 1 aliphatic rings. The minimum absolute atomic E-state index is 0.331. The first-order chi connectivity index (χ1) is 7.70. The van der Waals surface area contributed by atoms with E-state index in [9.17, 15) is 14.4 Å². The smallest absolute Gasteiger partial charge is 0.273 e. The summed E-state index contributed by atoms with van der Waals surface area (Å²) in [5.41, 5.74) is 0.662. The average molecular weight is 210 g/mol. The maximum absolute atomic E-state index is 11.6. The van der Waals surface area contributed by atoms with Gasteiger partial charge in [0.25, 0.3) is 5.78 Å². The highest BCUT2D eigenvalue weighted by Gasteiger charge is 2.33. The zero-order chi connectivity index (χ0) is 11.3. The molecule has 3 heteroatoms. The van der Waals surface area contributed by atoms with Crippen molar-refractivity contribution in [1.82, 2.24) is 0 Å². The van der Waals surface area contributed by atoms with Gasteiger partial charge in [-0.05, 0) is 5.39 Å². The number of ketones is 3. The summed E-state index contributed by atoms with van der Waals surface area (Å²) < 4.78 is 0. The summed E-state index contributed by atoms with van der Waals surface area (Å²) >= 11 is 0. The van der Waals surface area contributed by atoms with Crippen LogP contribution in [0.3, 0.4) is 0 Å². The number of benzene rings is 2. The molecule has 0 unspecified atom stereocenters. The van der Waals surface area contributed by atoms with E-state index in [1.54, 1.807) is 24.3 Å². The maximum atomic E-state index is 11.6. The van der Waals surface area contributed by atoms with E-state index in [-0.39, 0.29) is 0 Å². The van der Waals surface area contributed by atoms with Crippen LogP contribution < -0.4 is 0 Å². The molecule has 76 valence electrons. The summed E-state index contributed by atoms with van der Waals surface area (Å²) in [5, 5.41) is 1.41. The molecule has 0 saturated carbocycles. The minimum Gasteiger partial charge on any atom is -0.285 e. The standard InChI is InChI=1S/C13H6O3/c14-11-8-5-1-3-7-4-2-6-9(10(7)8)12(15)13(11)16/h1-6H. The molecule has 0 saturated heterocycles. The first kappa shape index (κ1) is 8.97. The number of Topliss-reactive ketones (excluding diaryl/α,β-unsaturated/α-hetero) is 3. The monoisotopic (exact) mass is 210 g/mol. The van der Waals surface area contributed by atoms with Gasteiger partial charge in [0.15, 0.2) is 0 Å². The van der Waals surface area contributed by atoms with Crippen molar-refractivity contribution in [3.05, 3.63) is 47.5 Å². The SMILES string of the molecule is O=C1C(=O)c2cccc3cccc(c23)C1=O. The van der Waals surface area contributed by atoms with Crippen molar-refractivity contribution in [1.29, 1.82) is 0 Å². The van der Waals surface area contributed by atoms with Crippen molar-refractivity contribution in [2.24, 2.45) is 0 Å². The summed E-state index contributed by atoms with van der Waals surface area (Å²) in [4.78, 5) is 34.7. The van der Waals surface area contributed by atoms with Gasteiger partial charge in [-0.3, -0.25) is 14.4 Å². The molecule has 0 fully saturated rings. The van der Waals surface area contributed by atoms with Crippen LogP contribution >= 0.6 is 0 Å². The van der Waals surface area contributed by atoms with Crippen LogP contribution in [-0.4, -0.2) is 17.3 Å². The molecular weight excluding hydrogens is 204 g/mol. The van der Waals surface area contributed by atoms with Gasteiger partial charge in [0.1, 0.15) is 0 Å². The van der Waals surface area contributed by atoms with E-state index in [1.807, 2.05) is 12.1 Å². The molecule has 0 radical (unpaired) electrons. The number of hydrogen-bond acceptors (Lipinski definition) is 3. The molecule has 0 aliphatic heterocycles. The topological polar surface area (TPSA) is 51.2 Å². The normalized spacial score (nSPS) is 14.6. The summed E-state index contributed by atoms with van der Waals surface area (Å²) in [6.07, 6.45) is 0. The van der Waals surface area contributed by atoms with Crippen LogP contribution in [0.1, 0.15) is 20.7 Å². The lowest BCUT2D eigenvalue weighted by Crippen LogP contribution is -2.28. The molecule has 0 atom stereocenters. The predicted octanol–water partition coefficient (Wildman–Crippen LogP) is 1.79. The molecule has 0 spiro atoms. The Hall–Kier alpha value is -2.29. The van der Waals surface area contributed by atoms with Gasteiger partial charge in [0.05, 0.1) is 0 Å². The molecule has 0 amide bonds. The fraction of sp³-hybridized carbons (Fsp3) is 0. The van der Waals surface area contributed by atoms with Crippen LogP contribution in [0.15, 0.2) is 36.4 Å². The first-order valence-electron chi connectivity index (χ1n) is 4.85. The second-order valence-electron chi connectivity index (χ2n) is 3.70. The fourth-order valence-electron chi connectivity index (χ4n) is 2.07. The lowest BCUT2D eigenvalue weighted by molar-refractivity contribution is -0.111.